The van der Waals surface area contributed by atoms with Crippen LogP contribution in [-0.4, -0.2) is 33.6 Å². The molecule has 2 N–H and O–H groups in total. The number of hydrogen-bond acceptors (Lipinski definition) is 4. The number of anilines is 1. The zero-order chi connectivity index (χ0) is 19.0. The highest BCUT2D eigenvalue weighted by Gasteiger charge is 2.31. The van der Waals surface area contributed by atoms with Crippen LogP contribution < -0.4 is 10.1 Å². The van der Waals surface area contributed by atoms with Crippen molar-refractivity contribution in [2.45, 2.75) is 12.3 Å². The highest BCUT2D eigenvalue weighted by molar-refractivity contribution is 5.94. The lowest BCUT2D eigenvalue weighted by molar-refractivity contribution is -0.116. The van der Waals surface area contributed by atoms with Gasteiger partial charge in [0.2, 0.25) is 5.91 Å². The van der Waals surface area contributed by atoms with Crippen LogP contribution in [0.2, 0.25) is 0 Å². The lowest BCUT2D eigenvalue weighted by atomic mass is 9.89. The molecule has 1 aliphatic heterocycles. The Labute approximate surface area is 155 Å². The van der Waals surface area contributed by atoms with Gasteiger partial charge in [0.15, 0.2) is 0 Å². The minimum Gasteiger partial charge on any atom is -0.497 e. The van der Waals surface area contributed by atoms with Crippen LogP contribution in [0, 0.1) is 0 Å². The molecule has 0 radical (unpaired) electrons. The summed E-state index contributed by atoms with van der Waals surface area (Å²) in [6, 6.07) is 14.0. The Bertz CT molecular complexity index is 1010. The smallest absolute Gasteiger partial charge is 0.335 e. The molecule has 0 fully saturated rings. The van der Waals surface area contributed by atoms with Gasteiger partial charge < -0.3 is 15.2 Å². The minimum atomic E-state index is -0.979. The van der Waals surface area contributed by atoms with Gasteiger partial charge in [0.25, 0.3) is 0 Å². The summed E-state index contributed by atoms with van der Waals surface area (Å²) in [5.74, 6) is 0.0606. The topological polar surface area (TPSA) is 93.5 Å². The van der Waals surface area contributed by atoms with Crippen molar-refractivity contribution in [1.29, 1.82) is 0 Å². The monoisotopic (exact) mass is 363 g/mol. The maximum Gasteiger partial charge on any atom is 0.335 e. The summed E-state index contributed by atoms with van der Waals surface area (Å²) in [6.45, 7) is 0. The van der Waals surface area contributed by atoms with Crippen molar-refractivity contribution in [2.24, 2.45) is 0 Å². The second kappa shape index (κ2) is 6.60. The van der Waals surface area contributed by atoms with E-state index in [0.29, 0.717) is 5.82 Å². The zero-order valence-electron chi connectivity index (χ0n) is 14.5. The first kappa shape index (κ1) is 16.8. The summed E-state index contributed by atoms with van der Waals surface area (Å²) >= 11 is 0. The van der Waals surface area contributed by atoms with E-state index in [9.17, 15) is 9.59 Å². The molecule has 0 saturated carbocycles. The summed E-state index contributed by atoms with van der Waals surface area (Å²) in [4.78, 5) is 27.9. The van der Waals surface area contributed by atoms with Crippen LogP contribution in [-0.2, 0) is 4.79 Å². The van der Waals surface area contributed by atoms with Crippen LogP contribution in [0.25, 0.3) is 5.69 Å². The molecule has 27 heavy (non-hydrogen) atoms. The van der Waals surface area contributed by atoms with Gasteiger partial charge in [-0.1, -0.05) is 12.1 Å². The third-order valence-corrected chi connectivity index (χ3v) is 4.68. The Balaban J connectivity index is 1.73. The molecule has 136 valence electrons. The molecule has 2 aromatic carbocycles. The van der Waals surface area contributed by atoms with E-state index in [2.05, 4.69) is 10.3 Å². The lowest BCUT2D eigenvalue weighted by Gasteiger charge is -2.23. The van der Waals surface area contributed by atoms with E-state index in [-0.39, 0.29) is 23.8 Å². The van der Waals surface area contributed by atoms with E-state index in [1.807, 2.05) is 28.8 Å². The first-order valence-corrected chi connectivity index (χ1v) is 8.41. The molecule has 1 amide bonds. The molecule has 0 bridgehead atoms. The van der Waals surface area contributed by atoms with Crippen LogP contribution >= 0.6 is 0 Å². The number of carboxylic acid groups (broad SMARTS) is 1. The maximum absolute atomic E-state index is 12.3. The molecule has 0 aliphatic carbocycles. The Morgan fingerprint density at radius 2 is 1.89 bits per heavy atom. The second-order valence-electron chi connectivity index (χ2n) is 6.28. The van der Waals surface area contributed by atoms with Crippen LogP contribution in [0.15, 0.2) is 54.9 Å². The van der Waals surface area contributed by atoms with E-state index in [4.69, 9.17) is 9.84 Å². The number of carbonyl (C=O) groups is 2. The van der Waals surface area contributed by atoms with Crippen molar-refractivity contribution in [3.63, 3.8) is 0 Å². The number of imidazole rings is 1. The number of aromatic nitrogens is 2. The Hall–Kier alpha value is -3.61. The number of rotatable bonds is 4. The van der Waals surface area contributed by atoms with Gasteiger partial charge in [-0.2, -0.15) is 0 Å². The predicted molar refractivity (Wildman–Crippen MR) is 98.6 cm³/mol. The summed E-state index contributed by atoms with van der Waals surface area (Å²) in [5.41, 5.74) is 2.68. The number of benzene rings is 2. The van der Waals surface area contributed by atoms with Gasteiger partial charge in [0, 0.05) is 18.0 Å². The van der Waals surface area contributed by atoms with Crippen LogP contribution in [0.5, 0.6) is 5.75 Å². The van der Waals surface area contributed by atoms with Gasteiger partial charge in [-0.3, -0.25) is 9.36 Å². The van der Waals surface area contributed by atoms with Gasteiger partial charge in [0.05, 0.1) is 18.4 Å². The first-order chi connectivity index (χ1) is 13.1. The number of methoxy groups -OCH3 is 1. The zero-order valence-corrected chi connectivity index (χ0v) is 14.5. The number of ether oxygens (including phenoxy) is 1. The normalized spacial score (nSPS) is 15.7. The molecule has 7 nitrogen and oxygen atoms in total. The third-order valence-electron chi connectivity index (χ3n) is 4.68. The molecule has 1 aliphatic rings. The quantitative estimate of drug-likeness (QED) is 0.743. The van der Waals surface area contributed by atoms with E-state index >= 15 is 0 Å². The number of nitrogens with one attached hydrogen (secondary N) is 1. The number of carboxylic acids is 1. The van der Waals surface area contributed by atoms with Crippen molar-refractivity contribution < 1.29 is 19.4 Å². The van der Waals surface area contributed by atoms with Crippen molar-refractivity contribution >= 4 is 17.7 Å². The SMILES string of the molecule is COc1ccc(-n2cnc3c2NC(=O)C[C@H]3c2ccc(C(=O)O)cc2)cc1. The molecule has 1 atom stereocenters. The third kappa shape index (κ3) is 3.03. The molecule has 3 aromatic rings. The number of hydrogen-bond donors (Lipinski definition) is 2. The Morgan fingerprint density at radius 1 is 1.19 bits per heavy atom. The Kier molecular flexibility index (Phi) is 4.12. The summed E-state index contributed by atoms with van der Waals surface area (Å²) in [5, 5.41) is 12.0. The molecule has 0 spiro atoms. The fourth-order valence-corrected chi connectivity index (χ4v) is 3.28. The number of fused-ring (bicyclic) bond motifs is 1. The molecule has 0 unspecified atom stereocenters. The number of nitrogens with zero attached hydrogens (tertiary/aromatic N) is 2. The standard InChI is InChI=1S/C20H17N3O4/c1-27-15-8-6-14(7-9-15)23-11-21-18-16(10-17(24)22-19(18)23)12-2-4-13(5-3-12)20(25)26/h2-9,11,16H,10H2,1H3,(H,22,24)(H,25,26)/t16-/m0/s1. The fourth-order valence-electron chi connectivity index (χ4n) is 3.28. The van der Waals surface area contributed by atoms with Crippen LogP contribution in [0.1, 0.15) is 34.0 Å². The number of amides is 1. The molecular formula is C20H17N3O4. The van der Waals surface area contributed by atoms with Gasteiger partial charge in [-0.15, -0.1) is 0 Å². The largest absolute Gasteiger partial charge is 0.497 e. The highest BCUT2D eigenvalue weighted by atomic mass is 16.5. The summed E-state index contributed by atoms with van der Waals surface area (Å²) in [6.07, 6.45) is 1.94. The fraction of sp³-hybridized carbons (Fsp3) is 0.150. The van der Waals surface area contributed by atoms with E-state index < -0.39 is 5.97 Å². The minimum absolute atomic E-state index is 0.106. The highest BCUT2D eigenvalue weighted by Crippen LogP contribution is 2.37. The molecule has 1 aromatic heterocycles. The maximum atomic E-state index is 12.3. The van der Waals surface area contributed by atoms with E-state index in [1.165, 1.54) is 0 Å². The molecule has 7 heteroatoms. The van der Waals surface area contributed by atoms with Gasteiger partial charge in [0.1, 0.15) is 17.9 Å². The lowest BCUT2D eigenvalue weighted by Crippen LogP contribution is -2.24. The van der Waals surface area contributed by atoms with Gasteiger partial charge >= 0.3 is 5.97 Å². The molecular weight excluding hydrogens is 346 g/mol. The van der Waals surface area contributed by atoms with Crippen LogP contribution in [0.3, 0.4) is 0 Å². The number of carbonyl (C=O) groups excluding carboxylic acids is 1. The van der Waals surface area contributed by atoms with Gasteiger partial charge in [-0.05, 0) is 42.0 Å². The van der Waals surface area contributed by atoms with E-state index in [1.54, 1.807) is 37.7 Å². The van der Waals surface area contributed by atoms with E-state index in [0.717, 1.165) is 22.7 Å². The van der Waals surface area contributed by atoms with Gasteiger partial charge in [-0.25, -0.2) is 9.78 Å². The van der Waals surface area contributed by atoms with Crippen LogP contribution in [0.4, 0.5) is 5.82 Å². The molecule has 0 saturated heterocycles. The molecule has 4 rings (SSSR count). The average Bonchev–Trinajstić information content (AvgIpc) is 3.11. The predicted octanol–water partition coefficient (Wildman–Crippen LogP) is 3.05. The first-order valence-electron chi connectivity index (χ1n) is 8.41. The van der Waals surface area contributed by atoms with Crippen molar-refractivity contribution in [1.82, 2.24) is 9.55 Å². The Morgan fingerprint density at radius 3 is 2.52 bits per heavy atom. The summed E-state index contributed by atoms with van der Waals surface area (Å²) < 4.78 is 7.01. The van der Waals surface area contributed by atoms with Crippen molar-refractivity contribution in [2.75, 3.05) is 12.4 Å². The number of aromatic carboxylic acids is 1. The second-order valence-corrected chi connectivity index (χ2v) is 6.28. The van der Waals surface area contributed by atoms with Crippen molar-refractivity contribution in [3.05, 3.63) is 71.7 Å². The molecule has 2 heterocycles. The van der Waals surface area contributed by atoms with Crippen molar-refractivity contribution in [3.8, 4) is 11.4 Å². The summed E-state index contributed by atoms with van der Waals surface area (Å²) in [7, 11) is 1.61. The average molecular weight is 363 g/mol.